The molecule has 1 saturated carbocycles. The van der Waals surface area contributed by atoms with Crippen molar-refractivity contribution < 1.29 is 9.59 Å². The van der Waals surface area contributed by atoms with Gasteiger partial charge in [-0.2, -0.15) is 0 Å². The first kappa shape index (κ1) is 13.7. The van der Waals surface area contributed by atoms with Crippen molar-refractivity contribution in [3.63, 3.8) is 0 Å². The zero-order valence-corrected chi connectivity index (χ0v) is 12.2. The van der Waals surface area contributed by atoms with Gasteiger partial charge in [-0.15, -0.1) is 0 Å². The van der Waals surface area contributed by atoms with Crippen LogP contribution in [0, 0.1) is 17.3 Å². The minimum absolute atomic E-state index is 0.0786. The smallest absolute Gasteiger partial charge is 0.167 e. The van der Waals surface area contributed by atoms with Gasteiger partial charge >= 0.3 is 0 Å². The molecule has 2 heteroatoms. The van der Waals surface area contributed by atoms with Crippen LogP contribution in [-0.2, 0) is 0 Å². The molecule has 2 nitrogen and oxygen atoms in total. The molecule has 1 aliphatic carbocycles. The zero-order chi connectivity index (χ0) is 15.0. The van der Waals surface area contributed by atoms with Crippen molar-refractivity contribution in [3.05, 3.63) is 71.8 Å². The summed E-state index contributed by atoms with van der Waals surface area (Å²) in [6, 6.07) is 18.5. The fraction of sp³-hybridized carbons (Fsp3) is 0.263. The molecule has 2 atom stereocenters. The molecule has 0 amide bonds. The van der Waals surface area contributed by atoms with Gasteiger partial charge in [-0.3, -0.25) is 9.59 Å². The van der Waals surface area contributed by atoms with Gasteiger partial charge in [0.1, 0.15) is 0 Å². The van der Waals surface area contributed by atoms with Crippen LogP contribution in [0.1, 0.15) is 34.6 Å². The molecule has 0 heterocycles. The maximum Gasteiger partial charge on any atom is 0.167 e. The molecule has 3 rings (SSSR count). The van der Waals surface area contributed by atoms with Crippen molar-refractivity contribution in [1.82, 2.24) is 0 Å². The van der Waals surface area contributed by atoms with Crippen LogP contribution in [0.5, 0.6) is 0 Å². The Morgan fingerprint density at radius 1 is 0.714 bits per heavy atom. The Hall–Kier alpha value is -2.22. The van der Waals surface area contributed by atoms with Crippen molar-refractivity contribution in [3.8, 4) is 0 Å². The fourth-order valence-electron chi connectivity index (χ4n) is 3.18. The molecule has 0 spiro atoms. The van der Waals surface area contributed by atoms with E-state index in [1.165, 1.54) is 0 Å². The first-order valence-electron chi connectivity index (χ1n) is 7.22. The lowest BCUT2D eigenvalue weighted by molar-refractivity contribution is 0.0906. The summed E-state index contributed by atoms with van der Waals surface area (Å²) in [5.41, 5.74) is 1.12. The van der Waals surface area contributed by atoms with E-state index in [4.69, 9.17) is 0 Å². The average Bonchev–Trinajstić information content (AvgIpc) is 3.10. The molecule has 2 aromatic carbocycles. The lowest BCUT2D eigenvalue weighted by atomic mass is 10.0. The molecule has 0 unspecified atom stereocenters. The van der Waals surface area contributed by atoms with E-state index < -0.39 is 0 Å². The molecule has 0 radical (unpaired) electrons. The Kier molecular flexibility index (Phi) is 3.25. The fourth-order valence-corrected chi connectivity index (χ4v) is 3.18. The molecule has 0 N–H and O–H groups in total. The van der Waals surface area contributed by atoms with Gasteiger partial charge in [0.15, 0.2) is 11.6 Å². The SMILES string of the molecule is CC1(C)[C@H](C(=O)c2ccccc2)[C@@H]1C(=O)c1ccccc1. The number of carbonyl (C=O) groups excluding carboxylic acids is 2. The van der Waals surface area contributed by atoms with Crippen molar-refractivity contribution >= 4 is 11.6 Å². The Labute approximate surface area is 124 Å². The highest BCUT2D eigenvalue weighted by molar-refractivity contribution is 6.09. The second-order valence-corrected chi connectivity index (χ2v) is 6.24. The van der Waals surface area contributed by atoms with Crippen LogP contribution in [0.15, 0.2) is 60.7 Å². The van der Waals surface area contributed by atoms with Crippen LogP contribution in [-0.4, -0.2) is 11.6 Å². The van der Waals surface area contributed by atoms with E-state index in [1.54, 1.807) is 0 Å². The minimum atomic E-state index is -0.264. The number of Topliss-reactive ketones (excluding diaryl/α,β-unsaturated/α-hetero) is 2. The summed E-state index contributed by atoms with van der Waals surface area (Å²) >= 11 is 0. The highest BCUT2D eigenvalue weighted by Gasteiger charge is 2.64. The predicted octanol–water partition coefficient (Wildman–Crippen LogP) is 4.02. The molecule has 106 valence electrons. The normalized spacial score (nSPS) is 22.6. The zero-order valence-electron chi connectivity index (χ0n) is 12.2. The quantitative estimate of drug-likeness (QED) is 0.791. The third-order valence-electron chi connectivity index (χ3n) is 4.51. The van der Waals surface area contributed by atoms with Crippen LogP contribution in [0.3, 0.4) is 0 Å². The molecule has 0 saturated heterocycles. The van der Waals surface area contributed by atoms with Crippen LogP contribution < -0.4 is 0 Å². The van der Waals surface area contributed by atoms with E-state index in [0.29, 0.717) is 11.1 Å². The number of benzene rings is 2. The lowest BCUT2D eigenvalue weighted by Gasteiger charge is -2.01. The molecule has 0 aliphatic heterocycles. The molecule has 2 aromatic rings. The first-order valence-corrected chi connectivity index (χ1v) is 7.22. The summed E-state index contributed by atoms with van der Waals surface area (Å²) in [6.45, 7) is 4.01. The number of carbonyl (C=O) groups is 2. The Morgan fingerprint density at radius 3 is 1.38 bits per heavy atom. The van der Waals surface area contributed by atoms with Gasteiger partial charge in [-0.05, 0) is 5.41 Å². The largest absolute Gasteiger partial charge is 0.294 e. The highest BCUT2D eigenvalue weighted by Crippen LogP contribution is 2.60. The summed E-state index contributed by atoms with van der Waals surface area (Å²) in [4.78, 5) is 25.2. The van der Waals surface area contributed by atoms with E-state index in [-0.39, 0.29) is 28.8 Å². The second-order valence-electron chi connectivity index (χ2n) is 6.24. The number of hydrogen-bond donors (Lipinski definition) is 0. The topological polar surface area (TPSA) is 34.1 Å². The van der Waals surface area contributed by atoms with Crippen molar-refractivity contribution in [2.45, 2.75) is 13.8 Å². The van der Waals surface area contributed by atoms with Gasteiger partial charge in [0, 0.05) is 23.0 Å². The maximum atomic E-state index is 12.6. The van der Waals surface area contributed by atoms with Crippen LogP contribution in [0.2, 0.25) is 0 Å². The van der Waals surface area contributed by atoms with E-state index in [2.05, 4.69) is 0 Å². The van der Waals surface area contributed by atoms with E-state index in [9.17, 15) is 9.59 Å². The number of ketones is 2. The molecule has 1 fully saturated rings. The molecular formula is C19H18O2. The summed E-state index contributed by atoms with van der Waals surface area (Å²) in [5, 5.41) is 0. The van der Waals surface area contributed by atoms with Gasteiger partial charge in [0.05, 0.1) is 0 Å². The molecular weight excluding hydrogens is 260 g/mol. The average molecular weight is 278 g/mol. The summed E-state index contributed by atoms with van der Waals surface area (Å²) in [7, 11) is 0. The summed E-state index contributed by atoms with van der Waals surface area (Å²) in [6.07, 6.45) is 0. The van der Waals surface area contributed by atoms with Gasteiger partial charge in [0.25, 0.3) is 0 Å². The molecule has 21 heavy (non-hydrogen) atoms. The predicted molar refractivity (Wildman–Crippen MR) is 82.3 cm³/mol. The second kappa shape index (κ2) is 4.96. The van der Waals surface area contributed by atoms with Crippen molar-refractivity contribution in [1.29, 1.82) is 0 Å². The molecule has 0 aromatic heterocycles. The Balaban J connectivity index is 1.86. The first-order chi connectivity index (χ1) is 10.0. The van der Waals surface area contributed by atoms with Crippen molar-refractivity contribution in [2.75, 3.05) is 0 Å². The monoisotopic (exact) mass is 278 g/mol. The standard InChI is InChI=1S/C19H18O2/c1-19(2)15(17(20)13-9-5-3-6-10-13)16(19)18(21)14-11-7-4-8-12-14/h3-12,15-16H,1-2H3/t15-,16+. The lowest BCUT2D eigenvalue weighted by Crippen LogP contribution is -2.09. The van der Waals surface area contributed by atoms with E-state index in [1.807, 2.05) is 74.5 Å². The third-order valence-corrected chi connectivity index (χ3v) is 4.51. The van der Waals surface area contributed by atoms with Gasteiger partial charge < -0.3 is 0 Å². The Morgan fingerprint density at radius 2 is 1.05 bits per heavy atom. The molecule has 1 aliphatic rings. The summed E-state index contributed by atoms with van der Waals surface area (Å²) < 4.78 is 0. The number of rotatable bonds is 4. The van der Waals surface area contributed by atoms with E-state index in [0.717, 1.165) is 0 Å². The highest BCUT2D eigenvalue weighted by atomic mass is 16.1. The van der Waals surface area contributed by atoms with Gasteiger partial charge in [0.2, 0.25) is 0 Å². The minimum Gasteiger partial charge on any atom is -0.294 e. The third kappa shape index (κ3) is 2.31. The van der Waals surface area contributed by atoms with Crippen molar-refractivity contribution in [2.24, 2.45) is 17.3 Å². The summed E-state index contributed by atoms with van der Waals surface area (Å²) in [5.74, 6) is -0.273. The van der Waals surface area contributed by atoms with Crippen LogP contribution >= 0.6 is 0 Å². The van der Waals surface area contributed by atoms with Gasteiger partial charge in [-0.25, -0.2) is 0 Å². The van der Waals surface area contributed by atoms with Gasteiger partial charge in [-0.1, -0.05) is 74.5 Å². The Bertz CT molecular complexity index is 612. The maximum absolute atomic E-state index is 12.6. The van der Waals surface area contributed by atoms with E-state index >= 15 is 0 Å². The number of hydrogen-bond acceptors (Lipinski definition) is 2. The van der Waals surface area contributed by atoms with Crippen LogP contribution in [0.4, 0.5) is 0 Å². The van der Waals surface area contributed by atoms with Crippen LogP contribution in [0.25, 0.3) is 0 Å². The molecule has 0 bridgehead atoms.